The van der Waals surface area contributed by atoms with E-state index in [4.69, 9.17) is 9.72 Å². The molecular weight excluding hydrogens is 350 g/mol. The van der Waals surface area contributed by atoms with E-state index < -0.39 is 0 Å². The number of nitrogens with zero attached hydrogens (tertiary/aromatic N) is 2. The summed E-state index contributed by atoms with van der Waals surface area (Å²) >= 11 is 0. The maximum absolute atomic E-state index is 13.0. The molecule has 140 valence electrons. The smallest absolute Gasteiger partial charge is 0.256 e. The van der Waals surface area contributed by atoms with Gasteiger partial charge in [0.2, 0.25) is 0 Å². The van der Waals surface area contributed by atoms with Crippen molar-refractivity contribution in [2.75, 3.05) is 11.9 Å². The summed E-state index contributed by atoms with van der Waals surface area (Å²) in [6.07, 6.45) is 2.81. The molecule has 5 heteroatoms. The summed E-state index contributed by atoms with van der Waals surface area (Å²) in [6.45, 7) is 2.67. The van der Waals surface area contributed by atoms with E-state index in [0.717, 1.165) is 23.3 Å². The molecule has 2 aromatic carbocycles. The molecule has 1 N–H and O–H groups in total. The molecule has 0 radical (unpaired) electrons. The van der Waals surface area contributed by atoms with E-state index in [2.05, 4.69) is 5.32 Å². The first-order chi connectivity index (χ1) is 13.8. The van der Waals surface area contributed by atoms with Crippen LogP contribution in [0, 0.1) is 0 Å². The molecule has 0 saturated heterocycles. The zero-order valence-electron chi connectivity index (χ0n) is 15.6. The number of benzene rings is 2. The SMILES string of the molecule is CCCOc1cccc(C(=O)Nc2c(-c3ccccc3)nc3ccccn23)c1. The van der Waals surface area contributed by atoms with Gasteiger partial charge in [-0.1, -0.05) is 49.4 Å². The summed E-state index contributed by atoms with van der Waals surface area (Å²) in [4.78, 5) is 17.7. The number of amides is 1. The molecule has 2 aromatic heterocycles. The van der Waals surface area contributed by atoms with Crippen molar-refractivity contribution in [2.24, 2.45) is 0 Å². The van der Waals surface area contributed by atoms with Crippen molar-refractivity contribution in [3.8, 4) is 17.0 Å². The summed E-state index contributed by atoms with van der Waals surface area (Å²) in [5.41, 5.74) is 3.00. The Bertz CT molecular complexity index is 1100. The van der Waals surface area contributed by atoms with E-state index in [0.29, 0.717) is 23.7 Å². The largest absolute Gasteiger partial charge is 0.494 e. The summed E-state index contributed by atoms with van der Waals surface area (Å²) in [5.74, 6) is 1.13. The summed E-state index contributed by atoms with van der Waals surface area (Å²) in [5, 5.41) is 3.04. The van der Waals surface area contributed by atoms with Crippen LogP contribution in [0.15, 0.2) is 79.0 Å². The van der Waals surface area contributed by atoms with Crippen molar-refractivity contribution in [1.29, 1.82) is 0 Å². The molecule has 0 saturated carbocycles. The molecule has 1 amide bonds. The fourth-order valence-corrected chi connectivity index (χ4v) is 3.04. The van der Waals surface area contributed by atoms with Crippen molar-refractivity contribution in [2.45, 2.75) is 13.3 Å². The third-order valence-electron chi connectivity index (χ3n) is 4.38. The Balaban J connectivity index is 1.70. The van der Waals surface area contributed by atoms with Crippen LogP contribution in [0.4, 0.5) is 5.82 Å². The molecule has 4 rings (SSSR count). The predicted molar refractivity (Wildman–Crippen MR) is 111 cm³/mol. The van der Waals surface area contributed by atoms with Crippen LogP contribution in [0.2, 0.25) is 0 Å². The number of aromatic nitrogens is 2. The van der Waals surface area contributed by atoms with E-state index in [9.17, 15) is 4.79 Å². The lowest BCUT2D eigenvalue weighted by Crippen LogP contribution is -2.14. The Morgan fingerprint density at radius 1 is 1.04 bits per heavy atom. The van der Waals surface area contributed by atoms with Gasteiger partial charge in [-0.05, 0) is 36.8 Å². The fourth-order valence-electron chi connectivity index (χ4n) is 3.04. The second-order valence-corrected chi connectivity index (χ2v) is 6.43. The topological polar surface area (TPSA) is 55.6 Å². The van der Waals surface area contributed by atoms with Crippen LogP contribution in [-0.2, 0) is 0 Å². The maximum atomic E-state index is 13.0. The average Bonchev–Trinajstić information content (AvgIpc) is 3.11. The number of nitrogens with one attached hydrogen (secondary N) is 1. The molecule has 28 heavy (non-hydrogen) atoms. The number of pyridine rings is 1. The summed E-state index contributed by atoms with van der Waals surface area (Å²) in [6, 6.07) is 22.8. The monoisotopic (exact) mass is 371 g/mol. The van der Waals surface area contributed by atoms with E-state index in [1.165, 1.54) is 0 Å². The van der Waals surface area contributed by atoms with Crippen LogP contribution in [0.1, 0.15) is 23.7 Å². The van der Waals surface area contributed by atoms with Gasteiger partial charge in [0.25, 0.3) is 5.91 Å². The lowest BCUT2D eigenvalue weighted by molar-refractivity contribution is 0.102. The minimum atomic E-state index is -0.204. The normalized spacial score (nSPS) is 10.8. The minimum absolute atomic E-state index is 0.204. The molecule has 5 nitrogen and oxygen atoms in total. The molecule has 0 unspecified atom stereocenters. The van der Waals surface area contributed by atoms with Crippen LogP contribution in [0.3, 0.4) is 0 Å². The second kappa shape index (κ2) is 7.96. The molecule has 0 aliphatic rings. The quantitative estimate of drug-likeness (QED) is 0.516. The van der Waals surface area contributed by atoms with Gasteiger partial charge in [0.05, 0.1) is 6.61 Å². The fraction of sp³-hybridized carbons (Fsp3) is 0.130. The van der Waals surface area contributed by atoms with Gasteiger partial charge in [-0.25, -0.2) is 4.98 Å². The van der Waals surface area contributed by atoms with E-state index in [-0.39, 0.29) is 5.91 Å². The van der Waals surface area contributed by atoms with Crippen LogP contribution in [0.5, 0.6) is 5.75 Å². The van der Waals surface area contributed by atoms with E-state index in [1.807, 2.05) is 78.2 Å². The zero-order valence-corrected chi connectivity index (χ0v) is 15.6. The Labute approximate surface area is 163 Å². The number of carbonyl (C=O) groups is 1. The standard InChI is InChI=1S/C23H21N3O2/c1-2-15-28-19-12-8-11-18(16-19)23(27)25-22-21(17-9-4-3-5-10-17)24-20-13-6-7-14-26(20)22/h3-14,16H,2,15H2,1H3,(H,25,27). The summed E-state index contributed by atoms with van der Waals surface area (Å²) < 4.78 is 7.53. The molecule has 0 atom stereocenters. The molecule has 4 aromatic rings. The Hall–Kier alpha value is -3.60. The number of hydrogen-bond donors (Lipinski definition) is 1. The van der Waals surface area contributed by atoms with Crippen molar-refractivity contribution in [3.63, 3.8) is 0 Å². The molecule has 0 spiro atoms. The first kappa shape index (κ1) is 17.8. The Morgan fingerprint density at radius 3 is 2.68 bits per heavy atom. The van der Waals surface area contributed by atoms with Gasteiger partial charge in [-0.3, -0.25) is 9.20 Å². The number of anilines is 1. The molecule has 2 heterocycles. The highest BCUT2D eigenvalue weighted by atomic mass is 16.5. The van der Waals surface area contributed by atoms with Gasteiger partial charge < -0.3 is 10.1 Å². The maximum Gasteiger partial charge on any atom is 0.256 e. The van der Waals surface area contributed by atoms with Crippen LogP contribution in [-0.4, -0.2) is 21.9 Å². The highest BCUT2D eigenvalue weighted by Gasteiger charge is 2.17. The molecule has 0 fully saturated rings. The van der Waals surface area contributed by atoms with Crippen molar-refractivity contribution < 1.29 is 9.53 Å². The lowest BCUT2D eigenvalue weighted by atomic mass is 10.1. The number of rotatable bonds is 6. The van der Waals surface area contributed by atoms with Gasteiger partial charge in [0.1, 0.15) is 22.9 Å². The zero-order chi connectivity index (χ0) is 19.3. The first-order valence-electron chi connectivity index (χ1n) is 9.33. The van der Waals surface area contributed by atoms with E-state index >= 15 is 0 Å². The van der Waals surface area contributed by atoms with Gasteiger partial charge in [0.15, 0.2) is 0 Å². The van der Waals surface area contributed by atoms with Crippen LogP contribution < -0.4 is 10.1 Å². The van der Waals surface area contributed by atoms with Crippen molar-refractivity contribution >= 4 is 17.4 Å². The number of fused-ring (bicyclic) bond motifs is 1. The van der Waals surface area contributed by atoms with Gasteiger partial charge >= 0.3 is 0 Å². The van der Waals surface area contributed by atoms with E-state index in [1.54, 1.807) is 12.1 Å². The van der Waals surface area contributed by atoms with Crippen molar-refractivity contribution in [1.82, 2.24) is 9.38 Å². The molecule has 0 aliphatic heterocycles. The highest BCUT2D eigenvalue weighted by molar-refractivity contribution is 6.06. The number of hydrogen-bond acceptors (Lipinski definition) is 3. The third-order valence-corrected chi connectivity index (χ3v) is 4.38. The average molecular weight is 371 g/mol. The molecule has 0 aliphatic carbocycles. The van der Waals surface area contributed by atoms with Crippen LogP contribution in [0.25, 0.3) is 16.9 Å². The number of imidazole rings is 1. The third kappa shape index (κ3) is 3.60. The van der Waals surface area contributed by atoms with Gasteiger partial charge in [-0.2, -0.15) is 0 Å². The van der Waals surface area contributed by atoms with Crippen molar-refractivity contribution in [3.05, 3.63) is 84.6 Å². The Kier molecular flexibility index (Phi) is 5.06. The van der Waals surface area contributed by atoms with Gasteiger partial charge in [-0.15, -0.1) is 0 Å². The molecular formula is C23H21N3O2. The summed E-state index contributed by atoms with van der Waals surface area (Å²) in [7, 11) is 0. The van der Waals surface area contributed by atoms with Crippen LogP contribution >= 0.6 is 0 Å². The number of carbonyl (C=O) groups excluding carboxylic acids is 1. The van der Waals surface area contributed by atoms with Gasteiger partial charge in [0, 0.05) is 17.3 Å². The lowest BCUT2D eigenvalue weighted by Gasteiger charge is -2.09. The second-order valence-electron chi connectivity index (χ2n) is 6.43. The highest BCUT2D eigenvalue weighted by Crippen LogP contribution is 2.29. The predicted octanol–water partition coefficient (Wildman–Crippen LogP) is 5.04. The molecule has 0 bridgehead atoms. The minimum Gasteiger partial charge on any atom is -0.494 e. The first-order valence-corrected chi connectivity index (χ1v) is 9.33. The Morgan fingerprint density at radius 2 is 1.86 bits per heavy atom. The number of ether oxygens (including phenoxy) is 1.